The van der Waals surface area contributed by atoms with Gasteiger partial charge in [-0.15, -0.1) is 0 Å². The molecular weight excluding hydrogens is 186 g/mol. The van der Waals surface area contributed by atoms with Crippen molar-refractivity contribution in [1.29, 1.82) is 0 Å². The van der Waals surface area contributed by atoms with Gasteiger partial charge >= 0.3 is 0 Å². The highest BCUT2D eigenvalue weighted by atomic mass is 14.9. The van der Waals surface area contributed by atoms with Crippen LogP contribution in [0.1, 0.15) is 38.1 Å². The van der Waals surface area contributed by atoms with Crippen LogP contribution in [0.25, 0.3) is 0 Å². The topological polar surface area (TPSA) is 37.8 Å². The molecule has 0 bridgehead atoms. The summed E-state index contributed by atoms with van der Waals surface area (Å²) in [4.78, 5) is 8.40. The van der Waals surface area contributed by atoms with Crippen molar-refractivity contribution >= 4 is 0 Å². The molecule has 1 aromatic heterocycles. The third kappa shape index (κ3) is 4.38. The number of aromatic nitrogens is 2. The number of hydrogen-bond acceptors (Lipinski definition) is 3. The average molecular weight is 207 g/mol. The fourth-order valence-electron chi connectivity index (χ4n) is 1.79. The van der Waals surface area contributed by atoms with E-state index in [2.05, 4.69) is 35.2 Å². The molecule has 0 saturated heterocycles. The molecule has 84 valence electrons. The Morgan fingerprint density at radius 3 is 2.73 bits per heavy atom. The van der Waals surface area contributed by atoms with Gasteiger partial charge in [0.05, 0.1) is 0 Å². The number of likely N-dealkylation sites (N-methyl/N-ethyl adjacent to an activating group) is 1. The van der Waals surface area contributed by atoms with E-state index in [0.717, 1.165) is 24.4 Å². The summed E-state index contributed by atoms with van der Waals surface area (Å²) in [6.45, 7) is 7.39. The van der Waals surface area contributed by atoms with Crippen LogP contribution in [0.15, 0.2) is 12.4 Å². The van der Waals surface area contributed by atoms with Crippen LogP contribution in [0.4, 0.5) is 0 Å². The molecule has 0 spiro atoms. The van der Waals surface area contributed by atoms with E-state index in [1.54, 1.807) is 6.33 Å². The lowest BCUT2D eigenvalue weighted by molar-refractivity contribution is 0.481. The van der Waals surface area contributed by atoms with Crippen molar-refractivity contribution in [2.75, 3.05) is 6.54 Å². The molecule has 0 radical (unpaired) electrons. The average Bonchev–Trinajstić information content (AvgIpc) is 2.18. The van der Waals surface area contributed by atoms with Gasteiger partial charge in [-0.25, -0.2) is 9.97 Å². The second kappa shape index (κ2) is 6.51. The Morgan fingerprint density at radius 1 is 1.33 bits per heavy atom. The van der Waals surface area contributed by atoms with Gasteiger partial charge < -0.3 is 5.32 Å². The van der Waals surface area contributed by atoms with Gasteiger partial charge in [0.1, 0.15) is 6.33 Å². The van der Waals surface area contributed by atoms with Crippen LogP contribution in [0, 0.1) is 6.92 Å². The van der Waals surface area contributed by atoms with Gasteiger partial charge in [-0.2, -0.15) is 0 Å². The monoisotopic (exact) mass is 207 g/mol. The smallest absolute Gasteiger partial charge is 0.115 e. The number of hydrogen-bond donors (Lipinski definition) is 1. The number of nitrogens with one attached hydrogen (secondary N) is 1. The van der Waals surface area contributed by atoms with Crippen molar-refractivity contribution in [3.8, 4) is 0 Å². The van der Waals surface area contributed by atoms with Crippen molar-refractivity contribution in [3.05, 3.63) is 23.8 Å². The Labute approximate surface area is 92.3 Å². The van der Waals surface area contributed by atoms with E-state index in [-0.39, 0.29) is 0 Å². The minimum absolute atomic E-state index is 0.550. The van der Waals surface area contributed by atoms with E-state index >= 15 is 0 Å². The van der Waals surface area contributed by atoms with Crippen molar-refractivity contribution in [2.24, 2.45) is 0 Å². The number of nitrogens with zero attached hydrogens (tertiary/aromatic N) is 2. The molecule has 0 aliphatic rings. The van der Waals surface area contributed by atoms with Crippen LogP contribution in [0.3, 0.4) is 0 Å². The van der Waals surface area contributed by atoms with Crippen LogP contribution in [-0.2, 0) is 6.42 Å². The predicted molar refractivity (Wildman–Crippen MR) is 62.8 cm³/mol. The molecule has 1 unspecified atom stereocenters. The summed E-state index contributed by atoms with van der Waals surface area (Å²) in [6.07, 6.45) is 5.07. The molecule has 0 saturated carbocycles. The summed E-state index contributed by atoms with van der Waals surface area (Å²) in [5.41, 5.74) is 2.19. The minimum atomic E-state index is 0.550. The maximum absolute atomic E-state index is 4.29. The van der Waals surface area contributed by atoms with E-state index in [1.807, 2.05) is 6.92 Å². The van der Waals surface area contributed by atoms with Gasteiger partial charge in [0.15, 0.2) is 0 Å². The number of rotatable bonds is 6. The Balaban J connectivity index is 2.56. The van der Waals surface area contributed by atoms with Gasteiger partial charge in [0.25, 0.3) is 0 Å². The molecule has 0 amide bonds. The zero-order chi connectivity index (χ0) is 11.1. The molecule has 15 heavy (non-hydrogen) atoms. The molecule has 0 aromatic carbocycles. The van der Waals surface area contributed by atoms with Crippen molar-refractivity contribution < 1.29 is 0 Å². The molecule has 0 aliphatic carbocycles. The van der Waals surface area contributed by atoms with E-state index < -0.39 is 0 Å². The highest BCUT2D eigenvalue weighted by Crippen LogP contribution is 2.05. The van der Waals surface area contributed by atoms with E-state index in [1.165, 1.54) is 12.8 Å². The van der Waals surface area contributed by atoms with Crippen molar-refractivity contribution in [2.45, 2.75) is 46.1 Å². The van der Waals surface area contributed by atoms with Crippen LogP contribution in [0.2, 0.25) is 0 Å². The van der Waals surface area contributed by atoms with Gasteiger partial charge in [0, 0.05) is 23.9 Å². The van der Waals surface area contributed by atoms with Gasteiger partial charge in [-0.05, 0) is 26.0 Å². The second-order valence-electron chi connectivity index (χ2n) is 3.90. The molecule has 3 heteroatoms. The molecule has 1 N–H and O–H groups in total. The predicted octanol–water partition coefficient (Wildman–Crippen LogP) is 2.11. The Kier molecular flexibility index (Phi) is 5.26. The summed E-state index contributed by atoms with van der Waals surface area (Å²) in [5, 5.41) is 3.49. The Morgan fingerprint density at radius 2 is 2.13 bits per heavy atom. The number of aryl methyl sites for hydroxylation is 1. The van der Waals surface area contributed by atoms with E-state index in [4.69, 9.17) is 0 Å². The molecular formula is C12H21N3. The molecule has 1 atom stereocenters. The lowest BCUT2D eigenvalue weighted by atomic mass is 10.1. The SMILES string of the molecule is CCCC(Cc1cc(C)ncn1)NCC. The van der Waals surface area contributed by atoms with Crippen LogP contribution >= 0.6 is 0 Å². The fraction of sp³-hybridized carbons (Fsp3) is 0.667. The maximum Gasteiger partial charge on any atom is 0.115 e. The first-order chi connectivity index (χ1) is 7.26. The second-order valence-corrected chi connectivity index (χ2v) is 3.90. The molecule has 1 rings (SSSR count). The third-order valence-electron chi connectivity index (χ3n) is 2.45. The summed E-state index contributed by atoms with van der Waals surface area (Å²) < 4.78 is 0. The summed E-state index contributed by atoms with van der Waals surface area (Å²) in [6, 6.07) is 2.62. The van der Waals surface area contributed by atoms with Gasteiger partial charge in [0.2, 0.25) is 0 Å². The summed E-state index contributed by atoms with van der Waals surface area (Å²) in [5.74, 6) is 0. The summed E-state index contributed by atoms with van der Waals surface area (Å²) >= 11 is 0. The van der Waals surface area contributed by atoms with Gasteiger partial charge in [-0.1, -0.05) is 20.3 Å². The van der Waals surface area contributed by atoms with Crippen LogP contribution in [0.5, 0.6) is 0 Å². The van der Waals surface area contributed by atoms with Gasteiger partial charge in [-0.3, -0.25) is 0 Å². The zero-order valence-electron chi connectivity index (χ0n) is 9.95. The molecule has 0 aliphatic heterocycles. The third-order valence-corrected chi connectivity index (χ3v) is 2.45. The minimum Gasteiger partial charge on any atom is -0.314 e. The molecule has 0 fully saturated rings. The first-order valence-electron chi connectivity index (χ1n) is 5.77. The Bertz CT molecular complexity index is 280. The van der Waals surface area contributed by atoms with E-state index in [0.29, 0.717) is 6.04 Å². The fourth-order valence-corrected chi connectivity index (χ4v) is 1.79. The molecule has 1 aromatic rings. The van der Waals surface area contributed by atoms with Crippen LogP contribution in [-0.4, -0.2) is 22.6 Å². The highest BCUT2D eigenvalue weighted by molar-refractivity contribution is 5.07. The first-order valence-corrected chi connectivity index (χ1v) is 5.77. The first kappa shape index (κ1) is 12.1. The van der Waals surface area contributed by atoms with Crippen molar-refractivity contribution in [3.63, 3.8) is 0 Å². The normalized spacial score (nSPS) is 12.7. The van der Waals surface area contributed by atoms with E-state index in [9.17, 15) is 0 Å². The largest absolute Gasteiger partial charge is 0.314 e. The lowest BCUT2D eigenvalue weighted by Crippen LogP contribution is -2.31. The molecule has 3 nitrogen and oxygen atoms in total. The maximum atomic E-state index is 4.29. The van der Waals surface area contributed by atoms with Crippen molar-refractivity contribution in [1.82, 2.24) is 15.3 Å². The van der Waals surface area contributed by atoms with Crippen LogP contribution < -0.4 is 5.32 Å². The molecule has 1 heterocycles. The zero-order valence-corrected chi connectivity index (χ0v) is 9.95. The standard InChI is InChI=1S/C12H21N3/c1-4-6-11(13-5-2)8-12-7-10(3)14-9-15-12/h7,9,11,13H,4-6,8H2,1-3H3. The quantitative estimate of drug-likeness (QED) is 0.776. The Hall–Kier alpha value is -0.960. The lowest BCUT2D eigenvalue weighted by Gasteiger charge is -2.16. The summed E-state index contributed by atoms with van der Waals surface area (Å²) in [7, 11) is 0. The highest BCUT2D eigenvalue weighted by Gasteiger charge is 2.08.